The average Bonchev–Trinajstić information content (AvgIpc) is 2.24. The van der Waals surface area contributed by atoms with Crippen molar-refractivity contribution in [2.45, 2.75) is 25.9 Å². The molecule has 88 valence electrons. The van der Waals surface area contributed by atoms with Gasteiger partial charge in [0.05, 0.1) is 13.2 Å². The zero-order valence-electron chi connectivity index (χ0n) is 10.1. The Balaban J connectivity index is 2.12. The molecular weight excluding hydrogens is 200 g/mol. The molecule has 16 heavy (non-hydrogen) atoms. The van der Waals surface area contributed by atoms with Gasteiger partial charge in [-0.1, -0.05) is 18.2 Å². The Kier molecular flexibility index (Phi) is 3.17. The van der Waals surface area contributed by atoms with Crippen LogP contribution in [-0.4, -0.2) is 30.2 Å². The largest absolute Gasteiger partial charge is 0.398 e. The maximum absolute atomic E-state index is 5.97. The molecule has 1 aliphatic heterocycles. The SMILES string of the molecule is CC1(C)COCCN1Cc1ccccc1N. The molecule has 3 heteroatoms. The molecule has 0 radical (unpaired) electrons. The van der Waals surface area contributed by atoms with E-state index in [9.17, 15) is 0 Å². The van der Waals surface area contributed by atoms with Gasteiger partial charge in [-0.15, -0.1) is 0 Å². The Morgan fingerprint density at radius 1 is 1.38 bits per heavy atom. The van der Waals surface area contributed by atoms with Gasteiger partial charge in [-0.25, -0.2) is 0 Å². The molecule has 0 aromatic heterocycles. The van der Waals surface area contributed by atoms with Gasteiger partial charge in [0.1, 0.15) is 0 Å². The number of para-hydroxylation sites is 1. The summed E-state index contributed by atoms with van der Waals surface area (Å²) in [5.74, 6) is 0. The van der Waals surface area contributed by atoms with Crippen molar-refractivity contribution in [3.63, 3.8) is 0 Å². The number of rotatable bonds is 2. The number of anilines is 1. The number of hydrogen-bond acceptors (Lipinski definition) is 3. The molecule has 1 heterocycles. The second kappa shape index (κ2) is 4.44. The third kappa shape index (κ3) is 2.36. The number of nitrogens with zero attached hydrogens (tertiary/aromatic N) is 1. The van der Waals surface area contributed by atoms with Crippen LogP contribution in [0.15, 0.2) is 24.3 Å². The van der Waals surface area contributed by atoms with E-state index in [0.29, 0.717) is 0 Å². The summed E-state index contributed by atoms with van der Waals surface area (Å²) in [7, 11) is 0. The van der Waals surface area contributed by atoms with E-state index < -0.39 is 0 Å². The highest BCUT2D eigenvalue weighted by Crippen LogP contribution is 2.23. The minimum Gasteiger partial charge on any atom is -0.398 e. The van der Waals surface area contributed by atoms with Crippen molar-refractivity contribution in [2.75, 3.05) is 25.5 Å². The fourth-order valence-corrected chi connectivity index (χ4v) is 2.07. The van der Waals surface area contributed by atoms with Crippen molar-refractivity contribution < 1.29 is 4.74 Å². The van der Waals surface area contributed by atoms with E-state index in [1.165, 1.54) is 5.56 Å². The average molecular weight is 220 g/mol. The zero-order valence-corrected chi connectivity index (χ0v) is 10.1. The molecule has 0 unspecified atom stereocenters. The van der Waals surface area contributed by atoms with Gasteiger partial charge in [-0.05, 0) is 25.5 Å². The van der Waals surface area contributed by atoms with Crippen LogP contribution in [0.2, 0.25) is 0 Å². The normalized spacial score (nSPS) is 20.9. The van der Waals surface area contributed by atoms with Crippen molar-refractivity contribution in [3.8, 4) is 0 Å². The predicted molar refractivity (Wildman–Crippen MR) is 66.2 cm³/mol. The summed E-state index contributed by atoms with van der Waals surface area (Å²) in [6.45, 7) is 7.91. The highest BCUT2D eigenvalue weighted by atomic mass is 16.5. The summed E-state index contributed by atoms with van der Waals surface area (Å²) >= 11 is 0. The lowest BCUT2D eigenvalue weighted by Crippen LogP contribution is -2.52. The first-order chi connectivity index (χ1) is 7.59. The summed E-state index contributed by atoms with van der Waals surface area (Å²) in [6.07, 6.45) is 0. The van der Waals surface area contributed by atoms with Gasteiger partial charge < -0.3 is 10.5 Å². The van der Waals surface area contributed by atoms with Gasteiger partial charge in [-0.2, -0.15) is 0 Å². The number of benzene rings is 1. The Hall–Kier alpha value is -1.06. The monoisotopic (exact) mass is 220 g/mol. The first kappa shape index (κ1) is 11.4. The summed E-state index contributed by atoms with van der Waals surface area (Å²) in [5.41, 5.74) is 8.15. The molecule has 0 bridgehead atoms. The van der Waals surface area contributed by atoms with Gasteiger partial charge in [0.15, 0.2) is 0 Å². The molecule has 1 aromatic carbocycles. The van der Waals surface area contributed by atoms with Gasteiger partial charge in [-0.3, -0.25) is 4.90 Å². The van der Waals surface area contributed by atoms with Gasteiger partial charge >= 0.3 is 0 Å². The third-order valence-electron chi connectivity index (χ3n) is 3.23. The van der Waals surface area contributed by atoms with Gasteiger partial charge in [0, 0.05) is 24.3 Å². The fourth-order valence-electron chi connectivity index (χ4n) is 2.07. The lowest BCUT2D eigenvalue weighted by Gasteiger charge is -2.42. The summed E-state index contributed by atoms with van der Waals surface area (Å²) in [5, 5.41) is 0. The third-order valence-corrected chi connectivity index (χ3v) is 3.23. The van der Waals surface area contributed by atoms with E-state index in [2.05, 4.69) is 24.8 Å². The minimum absolute atomic E-state index is 0.0977. The molecule has 2 N–H and O–H groups in total. The molecule has 2 rings (SSSR count). The molecule has 0 spiro atoms. The van der Waals surface area contributed by atoms with Gasteiger partial charge in [0.25, 0.3) is 0 Å². The van der Waals surface area contributed by atoms with E-state index in [4.69, 9.17) is 10.5 Å². The topological polar surface area (TPSA) is 38.5 Å². The van der Waals surface area contributed by atoms with Crippen molar-refractivity contribution in [1.82, 2.24) is 4.90 Å². The van der Waals surface area contributed by atoms with Crippen LogP contribution in [0.5, 0.6) is 0 Å². The lowest BCUT2D eigenvalue weighted by atomic mass is 10.0. The molecule has 3 nitrogen and oxygen atoms in total. The maximum atomic E-state index is 5.97. The Bertz CT molecular complexity index is 363. The van der Waals surface area contributed by atoms with E-state index >= 15 is 0 Å². The summed E-state index contributed by atoms with van der Waals surface area (Å²) in [6, 6.07) is 8.08. The second-order valence-corrected chi connectivity index (χ2v) is 4.99. The van der Waals surface area contributed by atoms with E-state index in [-0.39, 0.29) is 5.54 Å². The smallest absolute Gasteiger partial charge is 0.0645 e. The first-order valence-corrected chi connectivity index (χ1v) is 5.76. The fraction of sp³-hybridized carbons (Fsp3) is 0.538. The molecular formula is C13H20N2O. The predicted octanol–water partition coefficient (Wildman–Crippen LogP) is 1.88. The molecule has 1 aliphatic rings. The van der Waals surface area contributed by atoms with Crippen LogP contribution in [0.25, 0.3) is 0 Å². The minimum atomic E-state index is 0.0977. The maximum Gasteiger partial charge on any atom is 0.0645 e. The van der Waals surface area contributed by atoms with Crippen LogP contribution in [0.3, 0.4) is 0 Å². The van der Waals surface area contributed by atoms with Crippen LogP contribution in [0.1, 0.15) is 19.4 Å². The van der Waals surface area contributed by atoms with Crippen molar-refractivity contribution in [2.24, 2.45) is 0 Å². The van der Waals surface area contributed by atoms with Crippen molar-refractivity contribution in [3.05, 3.63) is 29.8 Å². The number of ether oxygens (including phenoxy) is 1. The molecule has 1 aromatic rings. The number of nitrogens with two attached hydrogens (primary N) is 1. The van der Waals surface area contributed by atoms with Crippen LogP contribution in [0, 0.1) is 0 Å². The van der Waals surface area contributed by atoms with E-state index in [1.807, 2.05) is 18.2 Å². The van der Waals surface area contributed by atoms with Crippen LogP contribution >= 0.6 is 0 Å². The van der Waals surface area contributed by atoms with Crippen LogP contribution in [0.4, 0.5) is 5.69 Å². The Morgan fingerprint density at radius 2 is 2.12 bits per heavy atom. The molecule has 1 saturated heterocycles. The molecule has 1 fully saturated rings. The Morgan fingerprint density at radius 3 is 2.81 bits per heavy atom. The second-order valence-electron chi connectivity index (χ2n) is 4.99. The van der Waals surface area contributed by atoms with Crippen molar-refractivity contribution in [1.29, 1.82) is 0 Å². The molecule has 0 atom stereocenters. The number of morpholine rings is 1. The van der Waals surface area contributed by atoms with E-state index in [0.717, 1.165) is 32.0 Å². The van der Waals surface area contributed by atoms with Crippen LogP contribution < -0.4 is 5.73 Å². The zero-order chi connectivity index (χ0) is 11.6. The van der Waals surface area contributed by atoms with Crippen LogP contribution in [-0.2, 0) is 11.3 Å². The first-order valence-electron chi connectivity index (χ1n) is 5.76. The summed E-state index contributed by atoms with van der Waals surface area (Å²) in [4.78, 5) is 2.43. The molecule has 0 saturated carbocycles. The van der Waals surface area contributed by atoms with Crippen molar-refractivity contribution >= 4 is 5.69 Å². The highest BCUT2D eigenvalue weighted by Gasteiger charge is 2.30. The number of nitrogen functional groups attached to an aromatic ring is 1. The quantitative estimate of drug-likeness (QED) is 0.773. The summed E-state index contributed by atoms with van der Waals surface area (Å²) < 4.78 is 5.51. The molecule has 0 aliphatic carbocycles. The van der Waals surface area contributed by atoms with E-state index in [1.54, 1.807) is 0 Å². The number of hydrogen-bond donors (Lipinski definition) is 1. The highest BCUT2D eigenvalue weighted by molar-refractivity contribution is 5.46. The standard InChI is InChI=1S/C13H20N2O/c1-13(2)10-16-8-7-15(13)9-11-5-3-4-6-12(11)14/h3-6H,7-10,14H2,1-2H3. The Labute approximate surface area is 97.2 Å². The molecule has 0 amide bonds. The lowest BCUT2D eigenvalue weighted by molar-refractivity contribution is -0.0551. The van der Waals surface area contributed by atoms with Gasteiger partial charge in [0.2, 0.25) is 0 Å².